The van der Waals surface area contributed by atoms with Gasteiger partial charge in [-0.15, -0.1) is 0 Å². The van der Waals surface area contributed by atoms with E-state index in [0.29, 0.717) is 0 Å². The fourth-order valence-corrected chi connectivity index (χ4v) is 3.07. The number of epoxide rings is 1. The predicted molar refractivity (Wildman–Crippen MR) is 98.4 cm³/mol. The smallest absolute Gasteiger partial charge is 0.331 e. The summed E-state index contributed by atoms with van der Waals surface area (Å²) in [5.74, 6) is -0.970. The third-order valence-electron chi connectivity index (χ3n) is 4.44. The molecule has 5 heteroatoms. The molecule has 2 aromatic carbocycles. The number of rotatable bonds is 5. The molecule has 4 atom stereocenters. The van der Waals surface area contributed by atoms with Gasteiger partial charge in [0.2, 0.25) is 0 Å². The minimum Gasteiger partial charge on any atom is -0.452 e. The largest absolute Gasteiger partial charge is 0.452 e. The molecule has 0 aromatic heterocycles. The Kier molecular flexibility index (Phi) is 4.85. The van der Waals surface area contributed by atoms with Gasteiger partial charge in [0.1, 0.15) is 12.2 Å². The van der Waals surface area contributed by atoms with Crippen LogP contribution < -0.4 is 0 Å². The highest BCUT2D eigenvalue weighted by molar-refractivity contribution is 5.88. The zero-order valence-electron chi connectivity index (χ0n) is 14.4. The molecule has 2 aliphatic rings. The van der Waals surface area contributed by atoms with E-state index in [2.05, 4.69) is 0 Å². The Hall–Kier alpha value is -3.18. The fourth-order valence-electron chi connectivity index (χ4n) is 3.07. The average molecular weight is 362 g/mol. The van der Waals surface area contributed by atoms with Gasteiger partial charge < -0.3 is 14.2 Å². The summed E-state index contributed by atoms with van der Waals surface area (Å²) < 4.78 is 16.6. The van der Waals surface area contributed by atoms with Crippen LogP contribution in [0.15, 0.2) is 78.9 Å². The van der Waals surface area contributed by atoms with E-state index in [-0.39, 0.29) is 12.2 Å². The van der Waals surface area contributed by atoms with Gasteiger partial charge in [-0.05, 0) is 23.3 Å². The molecule has 2 aliphatic heterocycles. The van der Waals surface area contributed by atoms with Crippen LogP contribution in [-0.2, 0) is 23.8 Å². The summed E-state index contributed by atoms with van der Waals surface area (Å²) in [7, 11) is 0. The minimum absolute atomic E-state index is 0.170. The van der Waals surface area contributed by atoms with Crippen LogP contribution in [0.5, 0.6) is 0 Å². The number of hydrogen-bond donors (Lipinski definition) is 0. The third-order valence-corrected chi connectivity index (χ3v) is 4.44. The lowest BCUT2D eigenvalue weighted by atomic mass is 10.0. The van der Waals surface area contributed by atoms with Gasteiger partial charge in [0.25, 0.3) is 0 Å². The number of esters is 2. The van der Waals surface area contributed by atoms with Crippen molar-refractivity contribution in [3.8, 4) is 0 Å². The number of cyclic esters (lactones) is 1. The first-order chi connectivity index (χ1) is 13.2. The molecule has 2 heterocycles. The summed E-state index contributed by atoms with van der Waals surface area (Å²) in [6.45, 7) is 0. The normalized spacial score (nSPS) is 26.6. The van der Waals surface area contributed by atoms with E-state index in [0.717, 1.165) is 11.1 Å². The Labute approximate surface area is 156 Å². The summed E-state index contributed by atoms with van der Waals surface area (Å²) in [5, 5.41) is 0. The first kappa shape index (κ1) is 17.2. The van der Waals surface area contributed by atoms with Crippen molar-refractivity contribution in [3.63, 3.8) is 0 Å². The zero-order chi connectivity index (χ0) is 18.6. The van der Waals surface area contributed by atoms with Gasteiger partial charge >= 0.3 is 11.9 Å². The van der Waals surface area contributed by atoms with E-state index in [9.17, 15) is 9.59 Å². The summed E-state index contributed by atoms with van der Waals surface area (Å²) >= 11 is 0. The van der Waals surface area contributed by atoms with Crippen LogP contribution in [0.25, 0.3) is 6.08 Å². The summed E-state index contributed by atoms with van der Waals surface area (Å²) in [5.41, 5.74) is 1.90. The maximum atomic E-state index is 12.2. The van der Waals surface area contributed by atoms with Gasteiger partial charge in [-0.3, -0.25) is 0 Å². The molecule has 0 N–H and O–H groups in total. The minimum atomic E-state index is -0.686. The van der Waals surface area contributed by atoms with Crippen LogP contribution in [0.4, 0.5) is 0 Å². The molecule has 1 fully saturated rings. The number of benzene rings is 2. The van der Waals surface area contributed by atoms with Crippen molar-refractivity contribution in [2.45, 2.75) is 24.4 Å². The fraction of sp³-hybridized carbons (Fsp3) is 0.182. The molecule has 136 valence electrons. The summed E-state index contributed by atoms with van der Waals surface area (Å²) in [6.07, 6.45) is 4.00. The van der Waals surface area contributed by atoms with Gasteiger partial charge in [0.15, 0.2) is 12.2 Å². The van der Waals surface area contributed by atoms with Crippen molar-refractivity contribution in [1.82, 2.24) is 0 Å². The quantitative estimate of drug-likeness (QED) is 0.464. The van der Waals surface area contributed by atoms with Gasteiger partial charge in [0.05, 0.1) is 0 Å². The lowest BCUT2D eigenvalue weighted by Gasteiger charge is -2.25. The average Bonchev–Trinajstić information content (AvgIpc) is 3.50. The highest BCUT2D eigenvalue weighted by Gasteiger charge is 2.52. The molecule has 0 amide bonds. The van der Waals surface area contributed by atoms with Crippen LogP contribution in [0.2, 0.25) is 0 Å². The second kappa shape index (κ2) is 7.60. The van der Waals surface area contributed by atoms with Crippen molar-refractivity contribution < 1.29 is 23.8 Å². The maximum absolute atomic E-state index is 12.2. The SMILES string of the molecule is O=C1C=C[C@H](OC(=O)/C=C/c2ccccc2)C([C@H]2O[C@H]2c2ccccc2)O1. The van der Waals surface area contributed by atoms with Gasteiger partial charge in [-0.1, -0.05) is 60.7 Å². The van der Waals surface area contributed by atoms with E-state index >= 15 is 0 Å². The maximum Gasteiger partial charge on any atom is 0.331 e. The molecule has 0 aliphatic carbocycles. The summed E-state index contributed by atoms with van der Waals surface area (Å²) in [6, 6.07) is 19.1. The Morgan fingerprint density at radius 3 is 2.41 bits per heavy atom. The van der Waals surface area contributed by atoms with Gasteiger partial charge in [-0.2, -0.15) is 0 Å². The molecule has 0 bridgehead atoms. The van der Waals surface area contributed by atoms with Crippen molar-refractivity contribution in [3.05, 3.63) is 90.0 Å². The second-order valence-corrected chi connectivity index (χ2v) is 6.34. The predicted octanol–water partition coefficient (Wildman–Crippen LogP) is 3.23. The topological polar surface area (TPSA) is 65.1 Å². The Morgan fingerprint density at radius 2 is 1.67 bits per heavy atom. The van der Waals surface area contributed by atoms with Crippen molar-refractivity contribution >= 4 is 18.0 Å². The Bertz CT molecular complexity index is 872. The molecular weight excluding hydrogens is 344 g/mol. The molecule has 5 nitrogen and oxygen atoms in total. The van der Waals surface area contributed by atoms with Crippen LogP contribution in [0, 0.1) is 0 Å². The van der Waals surface area contributed by atoms with E-state index in [4.69, 9.17) is 14.2 Å². The molecule has 0 spiro atoms. The van der Waals surface area contributed by atoms with E-state index in [1.165, 1.54) is 12.2 Å². The molecule has 0 saturated carbocycles. The highest BCUT2D eigenvalue weighted by atomic mass is 16.6. The Balaban J connectivity index is 1.42. The van der Waals surface area contributed by atoms with E-state index in [1.807, 2.05) is 60.7 Å². The van der Waals surface area contributed by atoms with Crippen molar-refractivity contribution in [2.24, 2.45) is 0 Å². The molecule has 2 aromatic rings. The van der Waals surface area contributed by atoms with Crippen LogP contribution in [-0.4, -0.2) is 30.3 Å². The van der Waals surface area contributed by atoms with Gasteiger partial charge in [-0.25, -0.2) is 9.59 Å². The zero-order valence-corrected chi connectivity index (χ0v) is 14.4. The first-order valence-corrected chi connectivity index (χ1v) is 8.74. The number of carbonyl (C=O) groups is 2. The van der Waals surface area contributed by atoms with E-state index < -0.39 is 24.1 Å². The first-order valence-electron chi connectivity index (χ1n) is 8.74. The van der Waals surface area contributed by atoms with Crippen molar-refractivity contribution in [1.29, 1.82) is 0 Å². The highest BCUT2D eigenvalue weighted by Crippen LogP contribution is 2.43. The van der Waals surface area contributed by atoms with E-state index in [1.54, 1.807) is 12.2 Å². The molecular formula is C22H18O5. The summed E-state index contributed by atoms with van der Waals surface area (Å²) in [4.78, 5) is 23.9. The monoisotopic (exact) mass is 362 g/mol. The second-order valence-electron chi connectivity index (χ2n) is 6.34. The molecule has 1 unspecified atom stereocenters. The standard InChI is InChI=1S/C22H18O5/c23-18(13-11-15-7-3-1-4-8-15)25-17-12-14-19(24)26-21(17)22-20(27-22)16-9-5-2-6-10-16/h1-14,17,20-22H/b13-11+/t17-,20-,21?,22-/m0/s1. The molecule has 4 rings (SSSR count). The van der Waals surface area contributed by atoms with Crippen molar-refractivity contribution in [2.75, 3.05) is 0 Å². The molecule has 0 radical (unpaired) electrons. The third kappa shape index (κ3) is 4.15. The molecule has 1 saturated heterocycles. The Morgan fingerprint density at radius 1 is 0.963 bits per heavy atom. The van der Waals surface area contributed by atoms with Crippen LogP contribution in [0.3, 0.4) is 0 Å². The number of hydrogen-bond acceptors (Lipinski definition) is 5. The molecule has 27 heavy (non-hydrogen) atoms. The number of carbonyl (C=O) groups excluding carboxylic acids is 2. The number of ether oxygens (including phenoxy) is 3. The lowest BCUT2D eigenvalue weighted by molar-refractivity contribution is -0.161. The lowest BCUT2D eigenvalue weighted by Crippen LogP contribution is -2.40. The van der Waals surface area contributed by atoms with Gasteiger partial charge in [0, 0.05) is 12.2 Å². The van der Waals surface area contributed by atoms with Crippen LogP contribution >= 0.6 is 0 Å². The van der Waals surface area contributed by atoms with Crippen LogP contribution in [0.1, 0.15) is 17.2 Å².